The first-order chi connectivity index (χ1) is 13.3. The lowest BCUT2D eigenvalue weighted by atomic mass is 9.96. The molecule has 2 aliphatic rings. The van der Waals surface area contributed by atoms with E-state index in [0.29, 0.717) is 19.8 Å². The molecule has 6 nitrogen and oxygen atoms in total. The number of halogens is 1. The van der Waals surface area contributed by atoms with Crippen LogP contribution in [0, 0.1) is 5.92 Å². The van der Waals surface area contributed by atoms with E-state index in [2.05, 4.69) is 30.3 Å². The van der Waals surface area contributed by atoms with Gasteiger partial charge in [-0.3, -0.25) is 0 Å². The number of rotatable bonds is 6. The average Bonchev–Trinajstić information content (AvgIpc) is 2.96. The Morgan fingerprint density at radius 1 is 1.18 bits per heavy atom. The summed E-state index contributed by atoms with van der Waals surface area (Å²) in [6, 6.07) is 6.06. The van der Waals surface area contributed by atoms with E-state index in [1.165, 1.54) is 19.3 Å². The first-order valence-corrected chi connectivity index (χ1v) is 10.2. The van der Waals surface area contributed by atoms with Crippen LogP contribution in [0.3, 0.4) is 0 Å². The predicted molar refractivity (Wildman–Crippen MR) is 123 cm³/mol. The number of guanidine groups is 1. The molecular weight excluding hydrogens is 469 g/mol. The van der Waals surface area contributed by atoms with Gasteiger partial charge in [-0.2, -0.15) is 0 Å². The van der Waals surface area contributed by atoms with E-state index < -0.39 is 0 Å². The molecule has 0 radical (unpaired) electrons. The average molecular weight is 503 g/mol. The van der Waals surface area contributed by atoms with Gasteiger partial charge in [-0.1, -0.05) is 12.1 Å². The number of fused-ring (bicyclic) bond motifs is 1. The number of aliphatic imine (C=N–C) groups is 1. The molecule has 0 amide bonds. The van der Waals surface area contributed by atoms with Crippen LogP contribution in [-0.2, 0) is 11.3 Å². The molecule has 28 heavy (non-hydrogen) atoms. The van der Waals surface area contributed by atoms with Gasteiger partial charge in [0.05, 0.1) is 19.8 Å². The second-order valence-corrected chi connectivity index (χ2v) is 7.23. The van der Waals surface area contributed by atoms with Crippen LogP contribution in [0.2, 0.25) is 0 Å². The van der Waals surface area contributed by atoms with Gasteiger partial charge in [-0.25, -0.2) is 4.99 Å². The monoisotopic (exact) mass is 503 g/mol. The van der Waals surface area contributed by atoms with E-state index in [9.17, 15) is 0 Å². The van der Waals surface area contributed by atoms with Crippen molar-refractivity contribution in [1.29, 1.82) is 0 Å². The molecule has 0 atom stereocenters. The Hall–Kier alpha value is -1.22. The molecule has 0 bridgehead atoms. The quantitative estimate of drug-likeness (QED) is 0.365. The first-order valence-electron chi connectivity index (χ1n) is 10.2. The van der Waals surface area contributed by atoms with Gasteiger partial charge in [0.15, 0.2) is 17.5 Å². The molecule has 0 saturated carbocycles. The van der Waals surface area contributed by atoms with Crippen LogP contribution in [0.1, 0.15) is 38.2 Å². The number of nitrogens with one attached hydrogen (secondary N) is 1. The third-order valence-electron chi connectivity index (χ3n) is 5.16. The predicted octanol–water partition coefficient (Wildman–Crippen LogP) is 3.68. The zero-order chi connectivity index (χ0) is 18.9. The van der Waals surface area contributed by atoms with Crippen molar-refractivity contribution in [2.75, 3.05) is 46.6 Å². The van der Waals surface area contributed by atoms with E-state index in [4.69, 9.17) is 19.2 Å². The Kier molecular flexibility index (Phi) is 10.2. The lowest BCUT2D eigenvalue weighted by Gasteiger charge is -2.27. The lowest BCUT2D eigenvalue weighted by Crippen LogP contribution is -2.40. The molecule has 1 N–H and O–H groups in total. The Morgan fingerprint density at radius 3 is 2.75 bits per heavy atom. The zero-order valence-corrected chi connectivity index (χ0v) is 19.4. The summed E-state index contributed by atoms with van der Waals surface area (Å²) in [6.07, 6.45) is 4.45. The SMILES string of the molecule is CCNC(=NCc1cccc2c1OCCCO2)N(C)CCC1CCOCC1.I. The highest BCUT2D eigenvalue weighted by molar-refractivity contribution is 14.0. The maximum absolute atomic E-state index is 5.92. The van der Waals surface area contributed by atoms with E-state index in [1.54, 1.807) is 0 Å². The molecule has 0 spiro atoms. The van der Waals surface area contributed by atoms with Crippen LogP contribution in [0.15, 0.2) is 23.2 Å². The maximum Gasteiger partial charge on any atom is 0.193 e. The Balaban J connectivity index is 0.00000280. The minimum absolute atomic E-state index is 0. The summed E-state index contributed by atoms with van der Waals surface area (Å²) in [4.78, 5) is 7.09. The van der Waals surface area contributed by atoms with Gasteiger partial charge in [-0.05, 0) is 38.2 Å². The molecule has 0 unspecified atom stereocenters. The molecule has 158 valence electrons. The molecule has 7 heteroatoms. The van der Waals surface area contributed by atoms with E-state index in [-0.39, 0.29) is 24.0 Å². The van der Waals surface area contributed by atoms with Gasteiger partial charge in [-0.15, -0.1) is 24.0 Å². The molecule has 1 fully saturated rings. The second kappa shape index (κ2) is 12.4. The fourth-order valence-electron chi connectivity index (χ4n) is 3.53. The van der Waals surface area contributed by atoms with E-state index in [1.807, 2.05) is 12.1 Å². The van der Waals surface area contributed by atoms with Crippen molar-refractivity contribution in [2.45, 2.75) is 39.2 Å². The fraction of sp³-hybridized carbons (Fsp3) is 0.667. The van der Waals surface area contributed by atoms with Gasteiger partial charge >= 0.3 is 0 Å². The Labute approximate surface area is 186 Å². The normalized spacial score (nSPS) is 17.4. The smallest absolute Gasteiger partial charge is 0.193 e. The van der Waals surface area contributed by atoms with Crippen molar-refractivity contribution in [3.05, 3.63) is 23.8 Å². The van der Waals surface area contributed by atoms with Crippen LogP contribution in [0.25, 0.3) is 0 Å². The maximum atomic E-state index is 5.92. The van der Waals surface area contributed by atoms with Gasteiger partial charge in [0.25, 0.3) is 0 Å². The molecule has 2 aliphatic heterocycles. The van der Waals surface area contributed by atoms with Crippen molar-refractivity contribution in [1.82, 2.24) is 10.2 Å². The lowest BCUT2D eigenvalue weighted by molar-refractivity contribution is 0.0625. The third-order valence-corrected chi connectivity index (χ3v) is 5.16. The van der Waals surface area contributed by atoms with Gasteiger partial charge in [0.2, 0.25) is 0 Å². The van der Waals surface area contributed by atoms with E-state index in [0.717, 1.165) is 61.7 Å². The zero-order valence-electron chi connectivity index (χ0n) is 17.1. The highest BCUT2D eigenvalue weighted by Gasteiger charge is 2.17. The fourth-order valence-corrected chi connectivity index (χ4v) is 3.53. The molecule has 3 rings (SSSR count). The summed E-state index contributed by atoms with van der Waals surface area (Å²) in [6.45, 7) is 7.75. The molecule has 1 aromatic rings. The molecule has 0 aromatic heterocycles. The van der Waals surface area contributed by atoms with E-state index >= 15 is 0 Å². The minimum atomic E-state index is 0. The van der Waals surface area contributed by atoms with Gasteiger partial charge in [0, 0.05) is 45.3 Å². The summed E-state index contributed by atoms with van der Waals surface area (Å²) in [7, 11) is 2.12. The summed E-state index contributed by atoms with van der Waals surface area (Å²) in [5.74, 6) is 3.38. The van der Waals surface area contributed by atoms with Crippen molar-refractivity contribution >= 4 is 29.9 Å². The summed E-state index contributed by atoms with van der Waals surface area (Å²) in [5, 5.41) is 3.41. The largest absolute Gasteiger partial charge is 0.490 e. The number of hydrogen-bond donors (Lipinski definition) is 1. The van der Waals surface area contributed by atoms with Crippen molar-refractivity contribution < 1.29 is 14.2 Å². The van der Waals surface area contributed by atoms with Crippen LogP contribution >= 0.6 is 24.0 Å². The van der Waals surface area contributed by atoms with Crippen molar-refractivity contribution in [3.63, 3.8) is 0 Å². The number of benzene rings is 1. The number of para-hydroxylation sites is 1. The highest BCUT2D eigenvalue weighted by Crippen LogP contribution is 2.33. The standard InChI is InChI=1S/C21H33N3O3.HI/c1-3-22-21(24(2)11-8-17-9-14-25-15-10-17)23-16-18-6-4-7-19-20(18)27-13-5-12-26-19;/h4,6-7,17H,3,5,8-16H2,1-2H3,(H,22,23);1H. The summed E-state index contributed by atoms with van der Waals surface area (Å²) in [5.41, 5.74) is 1.07. The Morgan fingerprint density at radius 2 is 1.96 bits per heavy atom. The number of ether oxygens (including phenoxy) is 3. The molecule has 2 heterocycles. The first kappa shape index (κ1) is 23.1. The van der Waals surface area contributed by atoms with Crippen molar-refractivity contribution in [3.8, 4) is 11.5 Å². The molecule has 1 aromatic carbocycles. The molecular formula is C21H34IN3O3. The Bertz CT molecular complexity index is 621. The topological polar surface area (TPSA) is 55.3 Å². The summed E-state index contributed by atoms with van der Waals surface area (Å²) < 4.78 is 17.2. The highest BCUT2D eigenvalue weighted by atomic mass is 127. The summed E-state index contributed by atoms with van der Waals surface area (Å²) >= 11 is 0. The van der Waals surface area contributed by atoms with Crippen LogP contribution in [0.4, 0.5) is 0 Å². The second-order valence-electron chi connectivity index (χ2n) is 7.23. The number of nitrogens with zero attached hydrogens (tertiary/aromatic N) is 2. The third kappa shape index (κ3) is 6.69. The molecule has 0 aliphatic carbocycles. The van der Waals surface area contributed by atoms with Crippen molar-refractivity contribution in [2.24, 2.45) is 10.9 Å². The van der Waals surface area contributed by atoms with Gasteiger partial charge in [0.1, 0.15) is 0 Å². The number of hydrogen-bond acceptors (Lipinski definition) is 4. The van der Waals surface area contributed by atoms with Crippen LogP contribution < -0.4 is 14.8 Å². The van der Waals surface area contributed by atoms with Crippen LogP contribution in [-0.4, -0.2) is 57.4 Å². The molecule has 1 saturated heterocycles. The minimum Gasteiger partial charge on any atom is -0.490 e. The van der Waals surface area contributed by atoms with Gasteiger partial charge < -0.3 is 24.4 Å². The van der Waals surface area contributed by atoms with Crippen LogP contribution in [0.5, 0.6) is 11.5 Å².